The minimum absolute atomic E-state index is 0.00851. The Hall–Kier alpha value is -3.56. The first kappa shape index (κ1) is 29.4. The zero-order chi connectivity index (χ0) is 28.7. The number of likely N-dealkylation sites (tertiary alicyclic amines) is 1. The smallest absolute Gasteiger partial charge is 0.274 e. The van der Waals surface area contributed by atoms with Gasteiger partial charge >= 0.3 is 0 Å². The molecule has 9 nitrogen and oxygen atoms in total. The van der Waals surface area contributed by atoms with Gasteiger partial charge in [0.15, 0.2) is 22.5 Å². The monoisotopic (exact) mass is 567 g/mol. The van der Waals surface area contributed by atoms with Gasteiger partial charge in [-0.25, -0.2) is 9.97 Å². The number of quaternary nitrogens is 1. The molecule has 1 aliphatic rings. The minimum atomic E-state index is -0.377. The molecule has 2 heterocycles. The number of piperidine rings is 1. The van der Waals surface area contributed by atoms with E-state index >= 15 is 0 Å². The number of methoxy groups -OCH3 is 2. The fourth-order valence-electron chi connectivity index (χ4n) is 5.72. The van der Waals surface area contributed by atoms with Gasteiger partial charge in [-0.05, 0) is 61.1 Å². The molecule has 5 N–H and O–H groups in total. The summed E-state index contributed by atoms with van der Waals surface area (Å²) in [6, 6.07) is 17.0. The van der Waals surface area contributed by atoms with Gasteiger partial charge in [-0.2, -0.15) is 0 Å². The number of hydrogen-bond acceptors (Lipinski definition) is 7. The number of halogens is 1. The van der Waals surface area contributed by atoms with Crippen LogP contribution in [0.2, 0.25) is 5.15 Å². The topological polar surface area (TPSA) is 125 Å². The van der Waals surface area contributed by atoms with Crippen LogP contribution in [0.1, 0.15) is 47.3 Å². The van der Waals surface area contributed by atoms with Gasteiger partial charge in [0, 0.05) is 12.8 Å². The van der Waals surface area contributed by atoms with Crippen LogP contribution in [0.25, 0.3) is 0 Å². The molecule has 1 saturated heterocycles. The molecule has 0 bridgehead atoms. The number of ether oxygens (including phenoxy) is 2. The van der Waals surface area contributed by atoms with Crippen LogP contribution in [0.15, 0.2) is 48.5 Å². The summed E-state index contributed by atoms with van der Waals surface area (Å²) in [5, 5.41) is 3.11. The van der Waals surface area contributed by atoms with Crippen LogP contribution in [0.4, 0.5) is 11.6 Å². The largest absolute Gasteiger partial charge is 0.497 e. The first-order chi connectivity index (χ1) is 19.2. The molecule has 0 aliphatic carbocycles. The SMILES string of the molecule is COc1ccc(CCC(CCc2ccc(OC)cc2)[N@@+]2(C)CCCC(NC(=O)c3nc(Cl)c(N)nc3N)C2)cc1. The van der Waals surface area contributed by atoms with Crippen molar-refractivity contribution in [1.82, 2.24) is 15.3 Å². The predicted molar refractivity (Wildman–Crippen MR) is 159 cm³/mol. The van der Waals surface area contributed by atoms with E-state index in [1.54, 1.807) is 14.2 Å². The number of benzene rings is 2. The van der Waals surface area contributed by atoms with Gasteiger partial charge in [0.1, 0.15) is 11.5 Å². The van der Waals surface area contributed by atoms with Gasteiger partial charge in [-0.1, -0.05) is 35.9 Å². The molecule has 2 atom stereocenters. The molecule has 1 aromatic heterocycles. The molecule has 1 amide bonds. The van der Waals surface area contributed by atoms with E-state index in [9.17, 15) is 4.79 Å². The fourth-order valence-corrected chi connectivity index (χ4v) is 5.84. The molecule has 1 unspecified atom stereocenters. The summed E-state index contributed by atoms with van der Waals surface area (Å²) < 4.78 is 11.5. The van der Waals surface area contributed by atoms with E-state index < -0.39 is 0 Å². The Kier molecular flexibility index (Phi) is 9.71. The number of amides is 1. The molecule has 1 aliphatic heterocycles. The second-order valence-electron chi connectivity index (χ2n) is 10.8. The lowest BCUT2D eigenvalue weighted by molar-refractivity contribution is -0.939. The maximum atomic E-state index is 13.1. The number of carbonyl (C=O) groups is 1. The molecule has 0 radical (unpaired) electrons. The number of anilines is 2. The molecule has 1 fully saturated rings. The highest BCUT2D eigenvalue weighted by atomic mass is 35.5. The average Bonchev–Trinajstić information content (AvgIpc) is 2.95. The van der Waals surface area contributed by atoms with Crippen LogP contribution in [0.5, 0.6) is 11.5 Å². The first-order valence-corrected chi connectivity index (χ1v) is 14.1. The van der Waals surface area contributed by atoms with Crippen LogP contribution in [0.3, 0.4) is 0 Å². The number of likely N-dealkylation sites (N-methyl/N-ethyl adjacent to an activating group) is 1. The summed E-state index contributed by atoms with van der Waals surface area (Å²) in [4.78, 5) is 21.1. The predicted octanol–water partition coefficient (Wildman–Crippen LogP) is 4.28. The van der Waals surface area contributed by atoms with Crippen molar-refractivity contribution in [2.75, 3.05) is 45.8 Å². The molecular weight excluding hydrogens is 528 g/mol. The summed E-state index contributed by atoms with van der Waals surface area (Å²) in [6.07, 6.45) is 5.90. The van der Waals surface area contributed by atoms with Crippen molar-refractivity contribution in [2.45, 2.75) is 50.6 Å². The molecule has 4 rings (SSSR count). The highest BCUT2D eigenvalue weighted by Crippen LogP contribution is 2.28. The summed E-state index contributed by atoms with van der Waals surface area (Å²) in [5.74, 6) is 1.33. The van der Waals surface area contributed by atoms with Gasteiger partial charge in [0.25, 0.3) is 5.91 Å². The number of nitrogens with zero attached hydrogens (tertiary/aromatic N) is 3. The normalized spacial score (nSPS) is 18.9. The number of nitrogen functional groups attached to an aromatic ring is 2. The van der Waals surface area contributed by atoms with Crippen molar-refractivity contribution in [3.63, 3.8) is 0 Å². The third kappa shape index (κ3) is 7.34. The Balaban J connectivity index is 1.48. The van der Waals surface area contributed by atoms with Crippen molar-refractivity contribution in [2.24, 2.45) is 0 Å². The van der Waals surface area contributed by atoms with Gasteiger partial charge in [0.2, 0.25) is 0 Å². The summed E-state index contributed by atoms with van der Waals surface area (Å²) in [5.41, 5.74) is 14.2. The average molecular weight is 568 g/mol. The number of aromatic nitrogens is 2. The van der Waals surface area contributed by atoms with Crippen molar-refractivity contribution in [3.8, 4) is 11.5 Å². The third-order valence-corrected chi connectivity index (χ3v) is 8.32. The van der Waals surface area contributed by atoms with Crippen molar-refractivity contribution < 1.29 is 18.8 Å². The highest BCUT2D eigenvalue weighted by molar-refractivity contribution is 6.31. The molecule has 0 saturated carbocycles. The second kappa shape index (κ2) is 13.2. The van der Waals surface area contributed by atoms with E-state index in [1.165, 1.54) is 11.1 Å². The van der Waals surface area contributed by atoms with E-state index in [2.05, 4.69) is 46.6 Å². The molecule has 40 heavy (non-hydrogen) atoms. The first-order valence-electron chi connectivity index (χ1n) is 13.7. The van der Waals surface area contributed by atoms with Crippen LogP contribution in [-0.2, 0) is 12.8 Å². The lowest BCUT2D eigenvalue weighted by Crippen LogP contribution is -2.62. The Labute approximate surface area is 241 Å². The maximum Gasteiger partial charge on any atom is 0.274 e. The van der Waals surface area contributed by atoms with E-state index in [4.69, 9.17) is 32.5 Å². The standard InChI is InChI=1S/C30H39ClN6O3/c1-37(18-4-5-22(19-37)34-30(38)26-28(32)36-29(33)27(31)35-26)23(12-6-20-8-14-24(39-2)15-9-20)13-7-21-10-16-25(40-3)17-11-21/h8-11,14-17,22-23H,4-7,12-13,18-19H2,1-3H3,(H4-,32,33,34,36,38)/p+1/t22?,37-/m0/s1. The molecule has 10 heteroatoms. The van der Waals surface area contributed by atoms with E-state index in [0.717, 1.165) is 67.6 Å². The van der Waals surface area contributed by atoms with Gasteiger partial charge in [-0.3, -0.25) is 4.79 Å². The zero-order valence-corrected chi connectivity index (χ0v) is 24.3. The number of hydrogen-bond donors (Lipinski definition) is 3. The zero-order valence-electron chi connectivity index (χ0n) is 23.5. The van der Waals surface area contributed by atoms with E-state index in [-0.39, 0.29) is 34.4 Å². The summed E-state index contributed by atoms with van der Waals surface area (Å²) in [7, 11) is 5.69. The number of nitrogens with two attached hydrogens (primary N) is 2. The lowest BCUT2D eigenvalue weighted by Gasteiger charge is -2.47. The Morgan fingerprint density at radius 1 is 0.975 bits per heavy atom. The minimum Gasteiger partial charge on any atom is -0.497 e. The summed E-state index contributed by atoms with van der Waals surface area (Å²) >= 11 is 6.01. The van der Waals surface area contributed by atoms with Crippen LogP contribution < -0.4 is 26.3 Å². The fraction of sp³-hybridized carbons (Fsp3) is 0.433. The summed E-state index contributed by atoms with van der Waals surface area (Å²) in [6.45, 7) is 1.87. The molecule has 0 spiro atoms. The molecule has 3 aromatic rings. The number of rotatable bonds is 11. The Morgan fingerprint density at radius 2 is 1.52 bits per heavy atom. The Morgan fingerprint density at radius 3 is 2.05 bits per heavy atom. The highest BCUT2D eigenvalue weighted by Gasteiger charge is 2.38. The van der Waals surface area contributed by atoms with Crippen molar-refractivity contribution in [1.29, 1.82) is 0 Å². The van der Waals surface area contributed by atoms with Gasteiger partial charge < -0.3 is 30.7 Å². The van der Waals surface area contributed by atoms with Crippen molar-refractivity contribution in [3.05, 3.63) is 70.5 Å². The number of aryl methyl sites for hydroxylation is 2. The van der Waals surface area contributed by atoms with Crippen LogP contribution >= 0.6 is 11.6 Å². The van der Waals surface area contributed by atoms with Crippen LogP contribution in [-0.4, -0.2) is 66.8 Å². The number of carbonyl (C=O) groups excluding carboxylic acids is 1. The third-order valence-electron chi connectivity index (χ3n) is 8.05. The second-order valence-corrected chi connectivity index (χ2v) is 11.1. The van der Waals surface area contributed by atoms with Gasteiger partial charge in [-0.15, -0.1) is 0 Å². The quantitative estimate of drug-likeness (QED) is 0.295. The van der Waals surface area contributed by atoms with E-state index in [0.29, 0.717) is 6.04 Å². The van der Waals surface area contributed by atoms with Gasteiger partial charge in [0.05, 0.1) is 46.4 Å². The molecule has 2 aromatic carbocycles. The maximum absolute atomic E-state index is 13.1. The molecular formula is C30H40ClN6O3+. The van der Waals surface area contributed by atoms with Crippen molar-refractivity contribution >= 4 is 29.1 Å². The molecule has 214 valence electrons. The van der Waals surface area contributed by atoms with Crippen LogP contribution in [0, 0.1) is 0 Å². The number of nitrogens with one attached hydrogen (secondary N) is 1. The Bertz CT molecular complexity index is 1240. The van der Waals surface area contributed by atoms with E-state index in [1.807, 2.05) is 24.3 Å². The lowest BCUT2D eigenvalue weighted by atomic mass is 9.92.